The van der Waals surface area contributed by atoms with Gasteiger partial charge in [-0.3, -0.25) is 9.59 Å². The summed E-state index contributed by atoms with van der Waals surface area (Å²) in [6, 6.07) is 26.2. The topological polar surface area (TPSA) is 58.2 Å². The number of hydrogen-bond donors (Lipinski definition) is 2. The second kappa shape index (κ2) is 9.02. The van der Waals surface area contributed by atoms with Crippen LogP contribution in [0.2, 0.25) is 5.02 Å². The minimum Gasteiger partial charge on any atom is -0.324 e. The number of aryl methyl sites for hydroxylation is 1. The molecule has 2 N–H and O–H groups in total. The highest BCUT2D eigenvalue weighted by Gasteiger charge is 2.13. The van der Waals surface area contributed by atoms with Crippen LogP contribution in [-0.4, -0.2) is 11.8 Å². The van der Waals surface area contributed by atoms with Crippen molar-refractivity contribution in [2.45, 2.75) is 13.3 Å². The maximum atomic E-state index is 12.7. The van der Waals surface area contributed by atoms with Crippen LogP contribution in [0.3, 0.4) is 0 Å². The Labute approximate surface area is 185 Å². The van der Waals surface area contributed by atoms with E-state index in [0.717, 1.165) is 27.6 Å². The number of benzene rings is 4. The Morgan fingerprint density at radius 3 is 2.39 bits per heavy atom. The third-order valence-electron chi connectivity index (χ3n) is 5.13. The number of rotatable bonds is 5. The molecule has 4 nitrogen and oxygen atoms in total. The van der Waals surface area contributed by atoms with Crippen LogP contribution in [0.5, 0.6) is 0 Å². The molecule has 31 heavy (non-hydrogen) atoms. The molecule has 4 aromatic carbocycles. The molecule has 0 saturated carbocycles. The molecule has 0 aromatic heterocycles. The number of hydrogen-bond acceptors (Lipinski definition) is 2. The first-order valence-corrected chi connectivity index (χ1v) is 10.3. The molecule has 4 rings (SSSR count). The van der Waals surface area contributed by atoms with Crippen LogP contribution < -0.4 is 10.6 Å². The Morgan fingerprint density at radius 2 is 1.55 bits per heavy atom. The van der Waals surface area contributed by atoms with Gasteiger partial charge in [-0.1, -0.05) is 72.3 Å². The fraction of sp³-hybridized carbons (Fsp3) is 0.0769. The summed E-state index contributed by atoms with van der Waals surface area (Å²) >= 11 is 6.28. The van der Waals surface area contributed by atoms with Crippen molar-refractivity contribution < 1.29 is 9.59 Å². The van der Waals surface area contributed by atoms with Gasteiger partial charge in [0, 0.05) is 11.3 Å². The molecule has 0 saturated heterocycles. The molecule has 0 atom stereocenters. The first-order valence-electron chi connectivity index (χ1n) is 9.94. The lowest BCUT2D eigenvalue weighted by atomic mass is 10.0. The van der Waals surface area contributed by atoms with Gasteiger partial charge in [-0.15, -0.1) is 0 Å². The van der Waals surface area contributed by atoms with E-state index in [4.69, 9.17) is 11.6 Å². The summed E-state index contributed by atoms with van der Waals surface area (Å²) in [6.07, 6.45) is 0.206. The molecular weight excluding hydrogens is 408 g/mol. The molecule has 0 heterocycles. The van der Waals surface area contributed by atoms with Crippen LogP contribution in [0.25, 0.3) is 10.8 Å². The molecule has 0 fully saturated rings. The lowest BCUT2D eigenvalue weighted by molar-refractivity contribution is -0.115. The fourth-order valence-electron chi connectivity index (χ4n) is 3.48. The summed E-state index contributed by atoms with van der Waals surface area (Å²) in [7, 11) is 0. The van der Waals surface area contributed by atoms with E-state index in [1.807, 2.05) is 73.7 Å². The first-order chi connectivity index (χ1) is 15.0. The van der Waals surface area contributed by atoms with Crippen molar-refractivity contribution >= 4 is 45.6 Å². The van der Waals surface area contributed by atoms with Crippen molar-refractivity contribution in [1.82, 2.24) is 0 Å². The van der Waals surface area contributed by atoms with Crippen LogP contribution in [-0.2, 0) is 11.2 Å². The van der Waals surface area contributed by atoms with Crippen molar-refractivity contribution in [2.24, 2.45) is 0 Å². The van der Waals surface area contributed by atoms with Crippen LogP contribution in [0.4, 0.5) is 11.4 Å². The van der Waals surface area contributed by atoms with Crippen molar-refractivity contribution in [3.63, 3.8) is 0 Å². The van der Waals surface area contributed by atoms with E-state index in [1.165, 1.54) is 0 Å². The molecule has 0 radical (unpaired) electrons. The summed E-state index contributed by atoms with van der Waals surface area (Å²) in [6.45, 7) is 1.93. The highest BCUT2D eigenvalue weighted by molar-refractivity contribution is 6.34. The van der Waals surface area contributed by atoms with Crippen molar-refractivity contribution in [2.75, 3.05) is 10.6 Å². The lowest BCUT2D eigenvalue weighted by Gasteiger charge is -2.12. The van der Waals surface area contributed by atoms with Gasteiger partial charge < -0.3 is 10.6 Å². The predicted octanol–water partition coefficient (Wildman–Crippen LogP) is 6.24. The van der Waals surface area contributed by atoms with Gasteiger partial charge in [0.2, 0.25) is 5.91 Å². The Morgan fingerprint density at radius 1 is 0.806 bits per heavy atom. The monoisotopic (exact) mass is 428 g/mol. The van der Waals surface area contributed by atoms with Crippen LogP contribution in [0.15, 0.2) is 84.9 Å². The first kappa shape index (κ1) is 20.6. The minimum atomic E-state index is -0.268. The molecule has 0 aliphatic carbocycles. The van der Waals surface area contributed by atoms with Crippen LogP contribution in [0.1, 0.15) is 21.5 Å². The number of nitrogens with one attached hydrogen (secondary N) is 2. The summed E-state index contributed by atoms with van der Waals surface area (Å²) in [4.78, 5) is 25.4. The standard InChI is InChI=1S/C26H21ClN2O2/c1-17-7-2-5-12-23(17)29-26(31)20-13-14-22(27)24(15-20)28-25(30)16-19-10-6-9-18-8-3-4-11-21(18)19/h2-15H,16H2,1H3,(H,28,30)(H,29,31). The molecule has 2 amide bonds. The van der Waals surface area contributed by atoms with Gasteiger partial charge in [-0.05, 0) is 53.1 Å². The lowest BCUT2D eigenvalue weighted by Crippen LogP contribution is -2.17. The summed E-state index contributed by atoms with van der Waals surface area (Å²) in [5.74, 6) is -0.467. The Kier molecular flexibility index (Phi) is 6.01. The minimum absolute atomic E-state index is 0.199. The van der Waals surface area contributed by atoms with Gasteiger partial charge in [0.05, 0.1) is 17.1 Å². The predicted molar refractivity (Wildman–Crippen MR) is 127 cm³/mol. The molecule has 0 unspecified atom stereocenters. The van der Waals surface area contributed by atoms with E-state index >= 15 is 0 Å². The van der Waals surface area contributed by atoms with Crippen molar-refractivity contribution in [1.29, 1.82) is 0 Å². The highest BCUT2D eigenvalue weighted by atomic mass is 35.5. The molecular formula is C26H21ClN2O2. The molecule has 5 heteroatoms. The van der Waals surface area contributed by atoms with Crippen molar-refractivity contribution in [3.8, 4) is 0 Å². The highest BCUT2D eigenvalue weighted by Crippen LogP contribution is 2.25. The molecule has 4 aromatic rings. The Balaban J connectivity index is 1.51. The fourth-order valence-corrected chi connectivity index (χ4v) is 3.65. The zero-order valence-electron chi connectivity index (χ0n) is 17.0. The average molecular weight is 429 g/mol. The van der Waals surface area contributed by atoms with E-state index in [1.54, 1.807) is 18.2 Å². The molecule has 0 spiro atoms. The molecule has 0 bridgehead atoms. The van der Waals surface area contributed by atoms with E-state index in [-0.39, 0.29) is 18.2 Å². The molecule has 0 aliphatic rings. The summed E-state index contributed by atoms with van der Waals surface area (Å²) < 4.78 is 0. The summed E-state index contributed by atoms with van der Waals surface area (Å²) in [5, 5.41) is 8.23. The smallest absolute Gasteiger partial charge is 0.255 e. The summed E-state index contributed by atoms with van der Waals surface area (Å²) in [5.41, 5.74) is 3.45. The van der Waals surface area contributed by atoms with Gasteiger partial charge in [0.15, 0.2) is 0 Å². The number of halogens is 1. The SMILES string of the molecule is Cc1ccccc1NC(=O)c1ccc(Cl)c(NC(=O)Cc2cccc3ccccc23)c1. The van der Waals surface area contributed by atoms with E-state index in [0.29, 0.717) is 16.3 Å². The number of fused-ring (bicyclic) bond motifs is 1. The molecule has 154 valence electrons. The van der Waals surface area contributed by atoms with E-state index in [2.05, 4.69) is 10.6 Å². The third-order valence-corrected chi connectivity index (χ3v) is 5.46. The number of para-hydroxylation sites is 1. The number of carbonyl (C=O) groups is 2. The Hall–Kier alpha value is -3.63. The number of carbonyl (C=O) groups excluding carboxylic acids is 2. The second-order valence-electron chi connectivity index (χ2n) is 7.33. The van der Waals surface area contributed by atoms with Gasteiger partial charge >= 0.3 is 0 Å². The second-order valence-corrected chi connectivity index (χ2v) is 7.73. The van der Waals surface area contributed by atoms with Crippen molar-refractivity contribution in [3.05, 3.63) is 107 Å². The van der Waals surface area contributed by atoms with Gasteiger partial charge in [0.25, 0.3) is 5.91 Å². The van der Waals surface area contributed by atoms with Crippen LogP contribution in [0, 0.1) is 6.92 Å². The maximum Gasteiger partial charge on any atom is 0.255 e. The van der Waals surface area contributed by atoms with Gasteiger partial charge in [-0.2, -0.15) is 0 Å². The normalized spacial score (nSPS) is 10.6. The number of amides is 2. The zero-order valence-corrected chi connectivity index (χ0v) is 17.7. The van der Waals surface area contributed by atoms with Gasteiger partial charge in [-0.25, -0.2) is 0 Å². The molecule has 0 aliphatic heterocycles. The average Bonchev–Trinajstić information content (AvgIpc) is 2.77. The zero-order chi connectivity index (χ0) is 21.8. The van der Waals surface area contributed by atoms with E-state index in [9.17, 15) is 9.59 Å². The Bertz CT molecular complexity index is 1280. The van der Waals surface area contributed by atoms with Crippen LogP contribution >= 0.6 is 11.6 Å². The number of anilines is 2. The van der Waals surface area contributed by atoms with E-state index < -0.39 is 0 Å². The quantitative estimate of drug-likeness (QED) is 0.395. The largest absolute Gasteiger partial charge is 0.324 e. The third kappa shape index (κ3) is 4.76. The van der Waals surface area contributed by atoms with Gasteiger partial charge in [0.1, 0.15) is 0 Å². The maximum absolute atomic E-state index is 12.7.